The maximum atomic E-state index is 11.1. The van der Waals surface area contributed by atoms with E-state index in [1.54, 1.807) is 11.9 Å². The first kappa shape index (κ1) is 13.1. The minimum Gasteiger partial charge on any atom is -0.326 e. The first-order chi connectivity index (χ1) is 8.63. The van der Waals surface area contributed by atoms with Crippen molar-refractivity contribution in [2.75, 3.05) is 18.4 Å². The van der Waals surface area contributed by atoms with Gasteiger partial charge in [-0.25, -0.2) is 4.31 Å². The van der Waals surface area contributed by atoms with Gasteiger partial charge in [0.2, 0.25) is 5.91 Å². The zero-order chi connectivity index (χ0) is 13.0. The van der Waals surface area contributed by atoms with E-state index in [1.165, 1.54) is 6.92 Å². The molecular formula is C13H16N2O2S. The predicted molar refractivity (Wildman–Crippen MR) is 72.4 cm³/mol. The Morgan fingerprint density at radius 2 is 1.83 bits per heavy atom. The maximum Gasteiger partial charge on any atom is 0.221 e. The molecule has 1 heterocycles. The first-order valence-corrected chi connectivity index (χ1v) is 6.73. The van der Waals surface area contributed by atoms with Crippen LogP contribution in [0.1, 0.15) is 19.8 Å². The molecule has 1 aromatic carbocycles. The van der Waals surface area contributed by atoms with Crippen LogP contribution >= 0.6 is 11.9 Å². The molecule has 4 nitrogen and oxygen atoms in total. The van der Waals surface area contributed by atoms with Gasteiger partial charge in [-0.05, 0) is 36.2 Å². The zero-order valence-electron chi connectivity index (χ0n) is 10.3. The second-order valence-corrected chi connectivity index (χ2v) is 5.43. The van der Waals surface area contributed by atoms with Gasteiger partial charge in [0.05, 0.1) is 0 Å². The minimum atomic E-state index is -0.0649. The number of anilines is 1. The molecule has 1 aromatic rings. The van der Waals surface area contributed by atoms with Crippen LogP contribution in [0.3, 0.4) is 0 Å². The average molecular weight is 264 g/mol. The molecule has 0 aliphatic carbocycles. The van der Waals surface area contributed by atoms with E-state index >= 15 is 0 Å². The van der Waals surface area contributed by atoms with Gasteiger partial charge in [0.25, 0.3) is 0 Å². The standard InChI is InChI=1S/C13H16N2O2S/c1-10(16)14-11-2-4-13(5-3-11)18-15-8-6-12(17)7-9-15/h2-5H,6-9H2,1H3,(H,14,16). The Hall–Kier alpha value is -1.33. The smallest absolute Gasteiger partial charge is 0.221 e. The van der Waals surface area contributed by atoms with Crippen molar-refractivity contribution in [3.05, 3.63) is 24.3 Å². The number of nitrogens with zero attached hydrogens (tertiary/aromatic N) is 1. The van der Waals surface area contributed by atoms with E-state index < -0.39 is 0 Å². The van der Waals surface area contributed by atoms with Crippen LogP contribution in [-0.2, 0) is 9.59 Å². The molecule has 1 aliphatic heterocycles. The van der Waals surface area contributed by atoms with E-state index in [2.05, 4.69) is 9.62 Å². The molecule has 18 heavy (non-hydrogen) atoms. The first-order valence-electron chi connectivity index (χ1n) is 5.96. The van der Waals surface area contributed by atoms with Crippen LogP contribution < -0.4 is 5.32 Å². The molecular weight excluding hydrogens is 248 g/mol. The lowest BCUT2D eigenvalue weighted by atomic mass is 10.1. The Balaban J connectivity index is 1.90. The van der Waals surface area contributed by atoms with E-state index in [9.17, 15) is 9.59 Å². The molecule has 0 spiro atoms. The van der Waals surface area contributed by atoms with Crippen LogP contribution in [0.2, 0.25) is 0 Å². The second kappa shape index (κ2) is 6.02. The highest BCUT2D eigenvalue weighted by Gasteiger charge is 2.16. The van der Waals surface area contributed by atoms with Gasteiger partial charge in [0, 0.05) is 43.4 Å². The monoisotopic (exact) mass is 264 g/mol. The zero-order valence-corrected chi connectivity index (χ0v) is 11.1. The SMILES string of the molecule is CC(=O)Nc1ccc(SN2CCC(=O)CC2)cc1. The quantitative estimate of drug-likeness (QED) is 0.851. The number of hydrogen-bond donors (Lipinski definition) is 1. The van der Waals surface area contributed by atoms with Crippen LogP contribution in [0.25, 0.3) is 0 Å². The third-order valence-electron chi connectivity index (χ3n) is 2.69. The molecule has 96 valence electrons. The van der Waals surface area contributed by atoms with Crippen LogP contribution in [0.5, 0.6) is 0 Å². The summed E-state index contributed by atoms with van der Waals surface area (Å²) in [4.78, 5) is 23.1. The van der Waals surface area contributed by atoms with Crippen molar-refractivity contribution >= 4 is 29.3 Å². The highest BCUT2D eigenvalue weighted by molar-refractivity contribution is 7.97. The lowest BCUT2D eigenvalue weighted by Gasteiger charge is -2.24. The van der Waals surface area contributed by atoms with Gasteiger partial charge in [0.1, 0.15) is 5.78 Å². The van der Waals surface area contributed by atoms with Gasteiger partial charge in [-0.2, -0.15) is 0 Å². The molecule has 0 aromatic heterocycles. The Labute approximate surface area is 111 Å². The van der Waals surface area contributed by atoms with Gasteiger partial charge in [-0.1, -0.05) is 0 Å². The third-order valence-corrected chi connectivity index (χ3v) is 3.80. The van der Waals surface area contributed by atoms with Crippen molar-refractivity contribution in [1.29, 1.82) is 0 Å². The summed E-state index contributed by atoms with van der Waals surface area (Å²) in [5.74, 6) is 0.290. The molecule has 2 rings (SSSR count). The second-order valence-electron chi connectivity index (χ2n) is 4.26. The fraction of sp³-hybridized carbons (Fsp3) is 0.385. The Morgan fingerprint density at radius 3 is 2.39 bits per heavy atom. The fourth-order valence-electron chi connectivity index (χ4n) is 1.78. The summed E-state index contributed by atoms with van der Waals surface area (Å²) < 4.78 is 2.20. The van der Waals surface area contributed by atoms with Crippen molar-refractivity contribution < 1.29 is 9.59 Å². The molecule has 1 saturated heterocycles. The molecule has 0 unspecified atom stereocenters. The molecule has 0 bridgehead atoms. The summed E-state index contributed by atoms with van der Waals surface area (Å²) in [5, 5.41) is 2.73. The van der Waals surface area contributed by atoms with Crippen LogP contribution in [0.15, 0.2) is 29.2 Å². The van der Waals surface area contributed by atoms with Crippen molar-refractivity contribution in [1.82, 2.24) is 4.31 Å². The number of carbonyl (C=O) groups excluding carboxylic acids is 2. The lowest BCUT2D eigenvalue weighted by Crippen LogP contribution is -2.28. The molecule has 0 saturated carbocycles. The van der Waals surface area contributed by atoms with Crippen molar-refractivity contribution in [2.45, 2.75) is 24.7 Å². The highest BCUT2D eigenvalue weighted by Crippen LogP contribution is 2.26. The van der Waals surface area contributed by atoms with E-state index in [0.29, 0.717) is 18.6 Å². The summed E-state index contributed by atoms with van der Waals surface area (Å²) in [6.07, 6.45) is 1.30. The van der Waals surface area contributed by atoms with Crippen molar-refractivity contribution in [3.8, 4) is 0 Å². The number of benzene rings is 1. The Morgan fingerprint density at radius 1 is 1.22 bits per heavy atom. The number of hydrogen-bond acceptors (Lipinski definition) is 4. The van der Waals surface area contributed by atoms with Crippen LogP contribution in [-0.4, -0.2) is 29.1 Å². The van der Waals surface area contributed by atoms with Gasteiger partial charge in [-0.3, -0.25) is 9.59 Å². The van der Waals surface area contributed by atoms with Crippen molar-refractivity contribution in [3.63, 3.8) is 0 Å². The number of ketones is 1. The third kappa shape index (κ3) is 3.85. The minimum absolute atomic E-state index is 0.0649. The predicted octanol–water partition coefficient (Wildman–Crippen LogP) is 2.32. The molecule has 5 heteroatoms. The summed E-state index contributed by atoms with van der Waals surface area (Å²) in [7, 11) is 0. The molecule has 0 radical (unpaired) electrons. The summed E-state index contributed by atoms with van der Waals surface area (Å²) >= 11 is 1.66. The van der Waals surface area contributed by atoms with Gasteiger partial charge in [-0.15, -0.1) is 0 Å². The summed E-state index contributed by atoms with van der Waals surface area (Å²) in [5.41, 5.74) is 0.806. The molecule has 1 N–H and O–H groups in total. The Bertz CT molecular complexity index is 435. The summed E-state index contributed by atoms with van der Waals surface area (Å²) in [6, 6.07) is 7.73. The molecule has 1 aliphatic rings. The Kier molecular flexibility index (Phi) is 4.38. The van der Waals surface area contributed by atoms with Gasteiger partial charge < -0.3 is 5.32 Å². The summed E-state index contributed by atoms with van der Waals surface area (Å²) in [6.45, 7) is 3.13. The normalized spacial score (nSPS) is 16.6. The number of piperidine rings is 1. The van der Waals surface area contributed by atoms with Gasteiger partial charge >= 0.3 is 0 Å². The highest BCUT2D eigenvalue weighted by atomic mass is 32.2. The largest absolute Gasteiger partial charge is 0.326 e. The molecule has 1 amide bonds. The van der Waals surface area contributed by atoms with Crippen LogP contribution in [0, 0.1) is 0 Å². The van der Waals surface area contributed by atoms with Gasteiger partial charge in [0.15, 0.2) is 0 Å². The fourth-order valence-corrected chi connectivity index (χ4v) is 2.70. The number of rotatable bonds is 3. The van der Waals surface area contributed by atoms with E-state index in [4.69, 9.17) is 0 Å². The topological polar surface area (TPSA) is 49.4 Å². The lowest BCUT2D eigenvalue weighted by molar-refractivity contribution is -0.120. The van der Waals surface area contributed by atoms with E-state index in [-0.39, 0.29) is 5.91 Å². The average Bonchev–Trinajstić information content (AvgIpc) is 2.34. The number of nitrogens with one attached hydrogen (secondary N) is 1. The van der Waals surface area contributed by atoms with Crippen molar-refractivity contribution in [2.24, 2.45) is 0 Å². The molecule has 1 fully saturated rings. The molecule has 0 atom stereocenters. The number of carbonyl (C=O) groups is 2. The van der Waals surface area contributed by atoms with E-state index in [0.717, 1.165) is 23.7 Å². The van der Waals surface area contributed by atoms with Crippen LogP contribution in [0.4, 0.5) is 5.69 Å². The maximum absolute atomic E-state index is 11.1. The number of Topliss-reactive ketones (excluding diaryl/α,β-unsaturated/α-hetero) is 1. The number of amides is 1. The van der Waals surface area contributed by atoms with E-state index in [1.807, 2.05) is 24.3 Å².